The number of nitriles is 1. The standard InChI is InChI=1S/C12H17N3/c1-3-14-8-9-15(2)12-7-5-4-6-11(12)10-13/h4-7,14H,3,8-9H2,1-2H3. The van der Waals surface area contributed by atoms with E-state index < -0.39 is 0 Å². The molecule has 0 fully saturated rings. The van der Waals surface area contributed by atoms with Crippen LogP contribution in [0.4, 0.5) is 5.69 Å². The normalized spacial score (nSPS) is 9.67. The van der Waals surface area contributed by atoms with Gasteiger partial charge in [0, 0.05) is 20.1 Å². The van der Waals surface area contributed by atoms with E-state index in [1.165, 1.54) is 0 Å². The van der Waals surface area contributed by atoms with E-state index in [1.54, 1.807) is 0 Å². The molecule has 0 saturated carbocycles. The summed E-state index contributed by atoms with van der Waals surface area (Å²) in [6.07, 6.45) is 0. The summed E-state index contributed by atoms with van der Waals surface area (Å²) in [7, 11) is 2.01. The molecule has 3 heteroatoms. The average molecular weight is 203 g/mol. The van der Waals surface area contributed by atoms with Crippen molar-refractivity contribution in [3.8, 4) is 6.07 Å². The first kappa shape index (κ1) is 11.5. The zero-order valence-corrected chi connectivity index (χ0v) is 9.33. The van der Waals surface area contributed by atoms with E-state index in [2.05, 4.69) is 23.2 Å². The molecule has 0 bridgehead atoms. The first-order chi connectivity index (χ1) is 7.29. The van der Waals surface area contributed by atoms with Crippen LogP contribution in [-0.4, -0.2) is 26.7 Å². The highest BCUT2D eigenvalue weighted by molar-refractivity contribution is 5.58. The summed E-state index contributed by atoms with van der Waals surface area (Å²) < 4.78 is 0. The minimum absolute atomic E-state index is 0.733. The SMILES string of the molecule is CCNCCN(C)c1ccccc1C#N. The van der Waals surface area contributed by atoms with Gasteiger partial charge in [0.15, 0.2) is 0 Å². The molecule has 0 unspecified atom stereocenters. The van der Waals surface area contributed by atoms with Crippen LogP contribution in [0, 0.1) is 11.3 Å². The van der Waals surface area contributed by atoms with Gasteiger partial charge in [-0.1, -0.05) is 19.1 Å². The number of rotatable bonds is 5. The van der Waals surface area contributed by atoms with Crippen LogP contribution in [0.3, 0.4) is 0 Å². The summed E-state index contributed by atoms with van der Waals surface area (Å²) in [6.45, 7) is 4.91. The molecule has 0 radical (unpaired) electrons. The fraction of sp³-hybridized carbons (Fsp3) is 0.417. The molecule has 0 amide bonds. The number of nitrogens with one attached hydrogen (secondary N) is 1. The van der Waals surface area contributed by atoms with Gasteiger partial charge in [-0.2, -0.15) is 5.26 Å². The highest BCUT2D eigenvalue weighted by Crippen LogP contribution is 2.17. The Bertz CT molecular complexity index is 341. The number of nitrogens with zero attached hydrogens (tertiary/aromatic N) is 2. The molecule has 0 aliphatic carbocycles. The average Bonchev–Trinajstić information content (AvgIpc) is 2.29. The molecular formula is C12H17N3. The predicted molar refractivity (Wildman–Crippen MR) is 63.0 cm³/mol. The van der Waals surface area contributed by atoms with Crippen LogP contribution in [0.25, 0.3) is 0 Å². The number of anilines is 1. The number of hydrogen-bond acceptors (Lipinski definition) is 3. The third-order valence-corrected chi connectivity index (χ3v) is 2.31. The molecule has 0 heterocycles. The summed E-state index contributed by atoms with van der Waals surface area (Å²) in [5.41, 5.74) is 1.73. The van der Waals surface area contributed by atoms with Gasteiger partial charge in [0.05, 0.1) is 11.3 Å². The second-order valence-electron chi connectivity index (χ2n) is 3.40. The Labute approximate surface area is 91.3 Å². The monoisotopic (exact) mass is 203 g/mol. The second-order valence-corrected chi connectivity index (χ2v) is 3.40. The molecule has 0 atom stereocenters. The molecule has 0 saturated heterocycles. The van der Waals surface area contributed by atoms with E-state index in [9.17, 15) is 0 Å². The van der Waals surface area contributed by atoms with Crippen molar-refractivity contribution in [1.29, 1.82) is 5.26 Å². The van der Waals surface area contributed by atoms with Crippen LogP contribution >= 0.6 is 0 Å². The molecule has 1 rings (SSSR count). The maximum atomic E-state index is 8.95. The Morgan fingerprint density at radius 3 is 2.80 bits per heavy atom. The second kappa shape index (κ2) is 6.05. The van der Waals surface area contributed by atoms with Crippen LogP contribution in [0.15, 0.2) is 24.3 Å². The smallest absolute Gasteiger partial charge is 0.101 e. The van der Waals surface area contributed by atoms with E-state index in [1.807, 2.05) is 31.3 Å². The van der Waals surface area contributed by atoms with E-state index in [-0.39, 0.29) is 0 Å². The number of para-hydroxylation sites is 1. The Morgan fingerprint density at radius 2 is 2.13 bits per heavy atom. The lowest BCUT2D eigenvalue weighted by Crippen LogP contribution is -2.29. The maximum Gasteiger partial charge on any atom is 0.101 e. The molecule has 3 nitrogen and oxygen atoms in total. The van der Waals surface area contributed by atoms with Crippen molar-refractivity contribution in [2.24, 2.45) is 0 Å². The summed E-state index contributed by atoms with van der Waals surface area (Å²) >= 11 is 0. The summed E-state index contributed by atoms with van der Waals surface area (Å²) in [6, 6.07) is 9.88. The molecule has 0 aliphatic heterocycles. The largest absolute Gasteiger partial charge is 0.372 e. The van der Waals surface area contributed by atoms with Crippen LogP contribution in [0.5, 0.6) is 0 Å². The minimum Gasteiger partial charge on any atom is -0.372 e. The molecule has 1 N–H and O–H groups in total. The minimum atomic E-state index is 0.733. The first-order valence-electron chi connectivity index (χ1n) is 5.20. The number of benzene rings is 1. The highest BCUT2D eigenvalue weighted by Gasteiger charge is 2.04. The van der Waals surface area contributed by atoms with Gasteiger partial charge in [-0.15, -0.1) is 0 Å². The van der Waals surface area contributed by atoms with Gasteiger partial charge in [0.1, 0.15) is 6.07 Å². The molecule has 0 aliphatic rings. The molecule has 1 aromatic rings. The van der Waals surface area contributed by atoms with Gasteiger partial charge in [0.25, 0.3) is 0 Å². The molecule has 1 aromatic carbocycles. The van der Waals surface area contributed by atoms with Crippen LogP contribution < -0.4 is 10.2 Å². The third-order valence-electron chi connectivity index (χ3n) is 2.31. The van der Waals surface area contributed by atoms with Crippen molar-refractivity contribution in [3.63, 3.8) is 0 Å². The van der Waals surface area contributed by atoms with Crippen molar-refractivity contribution in [2.75, 3.05) is 31.6 Å². The summed E-state index contributed by atoms with van der Waals surface area (Å²) in [4.78, 5) is 2.10. The van der Waals surface area contributed by atoms with E-state index in [0.29, 0.717) is 0 Å². The molecular weight excluding hydrogens is 186 g/mol. The zero-order valence-electron chi connectivity index (χ0n) is 9.33. The maximum absolute atomic E-state index is 8.95. The Balaban J connectivity index is 2.65. The Kier molecular flexibility index (Phi) is 4.65. The van der Waals surface area contributed by atoms with Gasteiger partial charge < -0.3 is 10.2 Å². The molecule has 0 aromatic heterocycles. The summed E-state index contributed by atoms with van der Waals surface area (Å²) in [5, 5.41) is 12.2. The lowest BCUT2D eigenvalue weighted by atomic mass is 10.2. The van der Waals surface area contributed by atoms with Crippen LogP contribution in [0.2, 0.25) is 0 Å². The number of hydrogen-bond donors (Lipinski definition) is 1. The van der Waals surface area contributed by atoms with Gasteiger partial charge in [-0.25, -0.2) is 0 Å². The highest BCUT2D eigenvalue weighted by atomic mass is 15.1. The number of likely N-dealkylation sites (N-methyl/N-ethyl adjacent to an activating group) is 2. The van der Waals surface area contributed by atoms with E-state index in [0.717, 1.165) is 30.9 Å². The third kappa shape index (κ3) is 3.26. The molecule has 80 valence electrons. The van der Waals surface area contributed by atoms with Crippen LogP contribution in [0.1, 0.15) is 12.5 Å². The fourth-order valence-electron chi connectivity index (χ4n) is 1.45. The van der Waals surface area contributed by atoms with Crippen molar-refractivity contribution in [1.82, 2.24) is 5.32 Å². The van der Waals surface area contributed by atoms with Gasteiger partial charge in [-0.3, -0.25) is 0 Å². The van der Waals surface area contributed by atoms with Crippen molar-refractivity contribution >= 4 is 5.69 Å². The lowest BCUT2D eigenvalue weighted by molar-refractivity contribution is 0.706. The lowest BCUT2D eigenvalue weighted by Gasteiger charge is -2.20. The van der Waals surface area contributed by atoms with Gasteiger partial charge in [-0.05, 0) is 18.7 Å². The summed E-state index contributed by atoms with van der Waals surface area (Å²) in [5.74, 6) is 0. The van der Waals surface area contributed by atoms with Crippen molar-refractivity contribution in [2.45, 2.75) is 6.92 Å². The Morgan fingerprint density at radius 1 is 1.40 bits per heavy atom. The zero-order chi connectivity index (χ0) is 11.1. The van der Waals surface area contributed by atoms with Crippen molar-refractivity contribution < 1.29 is 0 Å². The predicted octanol–water partition coefficient (Wildman–Crippen LogP) is 1.60. The van der Waals surface area contributed by atoms with Crippen LogP contribution in [-0.2, 0) is 0 Å². The van der Waals surface area contributed by atoms with Crippen molar-refractivity contribution in [3.05, 3.63) is 29.8 Å². The molecule has 15 heavy (non-hydrogen) atoms. The fourth-order valence-corrected chi connectivity index (χ4v) is 1.45. The molecule has 0 spiro atoms. The van der Waals surface area contributed by atoms with E-state index in [4.69, 9.17) is 5.26 Å². The topological polar surface area (TPSA) is 39.1 Å². The van der Waals surface area contributed by atoms with Gasteiger partial charge >= 0.3 is 0 Å². The first-order valence-corrected chi connectivity index (χ1v) is 5.20. The quantitative estimate of drug-likeness (QED) is 0.739. The van der Waals surface area contributed by atoms with Gasteiger partial charge in [0.2, 0.25) is 0 Å². The Hall–Kier alpha value is -1.53. The van der Waals surface area contributed by atoms with E-state index >= 15 is 0 Å².